The predicted molar refractivity (Wildman–Crippen MR) is 109 cm³/mol. The highest BCUT2D eigenvalue weighted by Crippen LogP contribution is 2.33. The maximum absolute atomic E-state index is 13.0. The lowest BCUT2D eigenvalue weighted by molar-refractivity contribution is -0.139. The SMILES string of the molecule is Cc1cccc(NC(=O)CNC(=O)CCNS(=O)(=O)c2ccccc2C(F)(F)F)c1C. The number of nitrogens with one attached hydrogen (secondary N) is 3. The van der Waals surface area contributed by atoms with Gasteiger partial charge in [-0.1, -0.05) is 24.3 Å². The monoisotopic (exact) mass is 457 g/mol. The highest BCUT2D eigenvalue weighted by Gasteiger charge is 2.36. The molecular formula is C20H22F3N3O4S. The molecule has 0 atom stereocenters. The topological polar surface area (TPSA) is 104 Å². The van der Waals surface area contributed by atoms with Crippen LogP contribution in [0.5, 0.6) is 0 Å². The molecule has 0 radical (unpaired) electrons. The average molecular weight is 457 g/mol. The van der Waals surface area contributed by atoms with E-state index in [-0.39, 0.29) is 13.0 Å². The summed E-state index contributed by atoms with van der Waals surface area (Å²) in [5.41, 5.74) is 1.18. The summed E-state index contributed by atoms with van der Waals surface area (Å²) in [6.45, 7) is 2.96. The maximum Gasteiger partial charge on any atom is 0.417 e. The van der Waals surface area contributed by atoms with Crippen molar-refractivity contribution in [3.05, 3.63) is 59.2 Å². The van der Waals surface area contributed by atoms with Crippen LogP contribution in [0.1, 0.15) is 23.1 Å². The van der Waals surface area contributed by atoms with Crippen molar-refractivity contribution in [1.82, 2.24) is 10.0 Å². The number of sulfonamides is 1. The molecule has 0 bridgehead atoms. The number of hydrogen-bond donors (Lipinski definition) is 3. The van der Waals surface area contributed by atoms with E-state index >= 15 is 0 Å². The number of benzene rings is 2. The molecule has 7 nitrogen and oxygen atoms in total. The molecule has 2 aromatic carbocycles. The van der Waals surface area contributed by atoms with Crippen molar-refractivity contribution in [2.75, 3.05) is 18.4 Å². The van der Waals surface area contributed by atoms with Gasteiger partial charge in [-0.2, -0.15) is 13.2 Å². The largest absolute Gasteiger partial charge is 0.417 e. The van der Waals surface area contributed by atoms with Gasteiger partial charge in [0.1, 0.15) is 0 Å². The molecule has 0 aliphatic heterocycles. The second kappa shape index (κ2) is 9.92. The Hall–Kier alpha value is -2.92. The molecule has 0 aliphatic carbocycles. The third kappa shape index (κ3) is 6.79. The average Bonchev–Trinajstić information content (AvgIpc) is 2.69. The van der Waals surface area contributed by atoms with Gasteiger partial charge < -0.3 is 10.6 Å². The zero-order chi connectivity index (χ0) is 23.2. The number of carbonyl (C=O) groups excluding carboxylic acids is 2. The summed E-state index contributed by atoms with van der Waals surface area (Å²) in [5, 5.41) is 4.99. The summed E-state index contributed by atoms with van der Waals surface area (Å²) < 4.78 is 65.4. The second-order valence-corrected chi connectivity index (χ2v) is 8.45. The van der Waals surface area contributed by atoms with Gasteiger partial charge in [-0.15, -0.1) is 0 Å². The molecule has 31 heavy (non-hydrogen) atoms. The minimum atomic E-state index is -4.84. The molecule has 0 saturated heterocycles. The number of hydrogen-bond acceptors (Lipinski definition) is 4. The Labute approximate surface area is 178 Å². The zero-order valence-corrected chi connectivity index (χ0v) is 17.7. The Kier molecular flexibility index (Phi) is 7.80. The quantitative estimate of drug-likeness (QED) is 0.567. The fraction of sp³-hybridized carbons (Fsp3) is 0.300. The fourth-order valence-corrected chi connectivity index (χ4v) is 3.92. The van der Waals surface area contributed by atoms with Gasteiger partial charge in [0.05, 0.1) is 17.0 Å². The number of alkyl halides is 3. The summed E-state index contributed by atoms with van der Waals surface area (Å²) in [4.78, 5) is 22.9. The van der Waals surface area contributed by atoms with Crippen molar-refractivity contribution in [3.8, 4) is 0 Å². The van der Waals surface area contributed by atoms with E-state index in [9.17, 15) is 31.2 Å². The van der Waals surface area contributed by atoms with E-state index in [0.717, 1.165) is 23.3 Å². The van der Waals surface area contributed by atoms with E-state index in [1.165, 1.54) is 6.07 Å². The minimum Gasteiger partial charge on any atom is -0.347 e. The Bertz CT molecular complexity index is 1070. The molecule has 2 amide bonds. The lowest BCUT2D eigenvalue weighted by Crippen LogP contribution is -2.35. The van der Waals surface area contributed by atoms with Gasteiger partial charge in [-0.25, -0.2) is 13.1 Å². The molecule has 0 fully saturated rings. The fourth-order valence-electron chi connectivity index (χ4n) is 2.66. The van der Waals surface area contributed by atoms with Crippen LogP contribution in [0, 0.1) is 13.8 Å². The van der Waals surface area contributed by atoms with E-state index in [1.807, 2.05) is 24.6 Å². The molecule has 3 N–H and O–H groups in total. The summed E-state index contributed by atoms with van der Waals surface area (Å²) in [7, 11) is -4.48. The lowest BCUT2D eigenvalue weighted by Gasteiger charge is -2.13. The summed E-state index contributed by atoms with van der Waals surface area (Å²) >= 11 is 0. The van der Waals surface area contributed by atoms with Crippen molar-refractivity contribution in [3.63, 3.8) is 0 Å². The van der Waals surface area contributed by atoms with Crippen LogP contribution in [-0.2, 0) is 25.8 Å². The first kappa shape index (κ1) is 24.4. The Balaban J connectivity index is 1.85. The number of halogens is 3. The Morgan fingerprint density at radius 2 is 1.65 bits per heavy atom. The van der Waals surface area contributed by atoms with Crippen LogP contribution >= 0.6 is 0 Å². The highest BCUT2D eigenvalue weighted by molar-refractivity contribution is 7.89. The molecule has 0 spiro atoms. The van der Waals surface area contributed by atoms with Crippen molar-refractivity contribution >= 4 is 27.5 Å². The molecule has 168 valence electrons. The number of amides is 2. The van der Waals surface area contributed by atoms with Gasteiger partial charge in [-0.3, -0.25) is 9.59 Å². The van der Waals surface area contributed by atoms with Gasteiger partial charge in [0.15, 0.2) is 0 Å². The van der Waals surface area contributed by atoms with Crippen molar-refractivity contribution in [1.29, 1.82) is 0 Å². The zero-order valence-electron chi connectivity index (χ0n) is 16.8. The van der Waals surface area contributed by atoms with Crippen LogP contribution in [0.25, 0.3) is 0 Å². The van der Waals surface area contributed by atoms with Crippen LogP contribution in [0.4, 0.5) is 18.9 Å². The third-order valence-corrected chi connectivity index (χ3v) is 5.97. The smallest absolute Gasteiger partial charge is 0.347 e. The standard InChI is InChI=1S/C20H22F3N3O4S/c1-13-6-5-8-16(14(13)2)26-19(28)12-24-18(27)10-11-25-31(29,30)17-9-4-3-7-15(17)20(21,22)23/h3-9,25H,10-12H2,1-2H3,(H,24,27)(H,26,28). The number of anilines is 1. The Morgan fingerprint density at radius 1 is 0.968 bits per heavy atom. The summed E-state index contributed by atoms with van der Waals surface area (Å²) in [6.07, 6.45) is -5.20. The minimum absolute atomic E-state index is 0.337. The Morgan fingerprint density at radius 3 is 2.32 bits per heavy atom. The molecule has 0 unspecified atom stereocenters. The number of rotatable bonds is 8. The van der Waals surface area contributed by atoms with Gasteiger partial charge in [-0.05, 0) is 43.2 Å². The maximum atomic E-state index is 13.0. The lowest BCUT2D eigenvalue weighted by atomic mass is 10.1. The second-order valence-electron chi connectivity index (χ2n) is 6.71. The predicted octanol–water partition coefficient (Wildman–Crippen LogP) is 2.75. The van der Waals surface area contributed by atoms with Crippen LogP contribution in [0.2, 0.25) is 0 Å². The van der Waals surface area contributed by atoms with E-state index in [1.54, 1.807) is 12.1 Å². The first-order valence-corrected chi connectivity index (χ1v) is 10.7. The van der Waals surface area contributed by atoms with Gasteiger partial charge in [0, 0.05) is 18.7 Å². The van der Waals surface area contributed by atoms with Crippen molar-refractivity contribution in [2.45, 2.75) is 31.3 Å². The molecule has 0 heterocycles. The number of carbonyl (C=O) groups is 2. The van der Waals surface area contributed by atoms with Crippen molar-refractivity contribution in [2.24, 2.45) is 0 Å². The first-order chi connectivity index (χ1) is 14.4. The van der Waals surface area contributed by atoms with E-state index < -0.39 is 45.0 Å². The van der Waals surface area contributed by atoms with Gasteiger partial charge in [0.25, 0.3) is 0 Å². The van der Waals surface area contributed by atoms with Gasteiger partial charge >= 0.3 is 6.18 Å². The van der Waals surface area contributed by atoms with Crippen LogP contribution in [-0.4, -0.2) is 33.3 Å². The molecule has 11 heteroatoms. The first-order valence-electron chi connectivity index (χ1n) is 9.20. The summed E-state index contributed by atoms with van der Waals surface area (Å²) in [5.74, 6) is -1.11. The molecule has 0 aliphatic rings. The van der Waals surface area contributed by atoms with Gasteiger partial charge in [0.2, 0.25) is 21.8 Å². The van der Waals surface area contributed by atoms with Crippen LogP contribution in [0.15, 0.2) is 47.4 Å². The highest BCUT2D eigenvalue weighted by atomic mass is 32.2. The normalized spacial score (nSPS) is 11.8. The number of aryl methyl sites for hydroxylation is 1. The van der Waals surface area contributed by atoms with Crippen molar-refractivity contribution < 1.29 is 31.2 Å². The molecule has 0 saturated carbocycles. The molecular weight excluding hydrogens is 435 g/mol. The molecule has 2 aromatic rings. The summed E-state index contributed by atoms with van der Waals surface area (Å²) in [6, 6.07) is 9.14. The van der Waals surface area contributed by atoms with E-state index in [0.29, 0.717) is 11.8 Å². The van der Waals surface area contributed by atoms with E-state index in [2.05, 4.69) is 10.6 Å². The molecule has 2 rings (SSSR count). The third-order valence-electron chi connectivity index (χ3n) is 4.45. The molecule has 0 aromatic heterocycles. The van der Waals surface area contributed by atoms with Crippen LogP contribution < -0.4 is 15.4 Å². The van der Waals surface area contributed by atoms with E-state index in [4.69, 9.17) is 0 Å². The van der Waals surface area contributed by atoms with Crippen LogP contribution in [0.3, 0.4) is 0 Å².